The summed E-state index contributed by atoms with van der Waals surface area (Å²) in [4.78, 5) is 43.0. The quantitative estimate of drug-likeness (QED) is 0.352. The van der Waals surface area contributed by atoms with Gasteiger partial charge in [-0.25, -0.2) is 4.79 Å². The second-order valence-electron chi connectivity index (χ2n) is 15.1. The van der Waals surface area contributed by atoms with E-state index in [2.05, 4.69) is 72.7 Å². The molecule has 3 aliphatic rings. The van der Waals surface area contributed by atoms with E-state index >= 15 is 0 Å². The molecule has 0 radical (unpaired) electrons. The van der Waals surface area contributed by atoms with Gasteiger partial charge in [-0.2, -0.15) is 0 Å². The van der Waals surface area contributed by atoms with Gasteiger partial charge in [0.15, 0.2) is 29.0 Å². The molecular weight excluding hydrogens is 583 g/mol. The Kier molecular flexibility index (Phi) is 8.14. The van der Waals surface area contributed by atoms with Crippen molar-refractivity contribution in [3.8, 4) is 0 Å². The largest absolute Gasteiger partial charge is 0.408 e. The van der Waals surface area contributed by atoms with Gasteiger partial charge in [0.25, 0.3) is 11.5 Å². The van der Waals surface area contributed by atoms with Crippen molar-refractivity contribution in [3.63, 3.8) is 0 Å². The molecule has 3 aliphatic heterocycles. The van der Waals surface area contributed by atoms with Gasteiger partial charge in [-0.1, -0.05) is 59.7 Å². The molecular formula is C31H47N3O7Si2. The molecule has 6 atom stereocenters. The van der Waals surface area contributed by atoms with E-state index in [9.17, 15) is 14.4 Å². The van der Waals surface area contributed by atoms with Crippen molar-refractivity contribution in [1.82, 2.24) is 9.55 Å². The zero-order chi connectivity index (χ0) is 31.7. The molecule has 5 rings (SSSR count). The number of nitrogens with zero attached hydrogens (tertiary/aromatic N) is 2. The number of carbonyl (C=O) groups is 1. The molecule has 0 spiro atoms. The molecule has 0 aliphatic carbocycles. The number of hydrogen-bond donors (Lipinski definition) is 1. The molecule has 43 heavy (non-hydrogen) atoms. The Hall–Kier alpha value is -2.36. The highest BCUT2D eigenvalue weighted by molar-refractivity contribution is 6.74. The lowest BCUT2D eigenvalue weighted by molar-refractivity contribution is -0.119. The van der Waals surface area contributed by atoms with Gasteiger partial charge in [0.05, 0.1) is 0 Å². The molecule has 2 saturated heterocycles. The fourth-order valence-corrected chi connectivity index (χ4v) is 7.95. The summed E-state index contributed by atoms with van der Waals surface area (Å²) < 4.78 is 28.3. The minimum atomic E-state index is -2.43. The van der Waals surface area contributed by atoms with Gasteiger partial charge in [0, 0.05) is 24.5 Å². The van der Waals surface area contributed by atoms with Gasteiger partial charge in [-0.15, -0.1) is 0 Å². The van der Waals surface area contributed by atoms with E-state index in [-0.39, 0.29) is 16.0 Å². The van der Waals surface area contributed by atoms with Crippen LogP contribution in [0.15, 0.2) is 46.1 Å². The molecule has 4 heterocycles. The van der Waals surface area contributed by atoms with Crippen LogP contribution < -0.4 is 16.1 Å². The lowest BCUT2D eigenvalue weighted by Crippen LogP contribution is -2.54. The van der Waals surface area contributed by atoms with Crippen LogP contribution >= 0.6 is 0 Å². The summed E-state index contributed by atoms with van der Waals surface area (Å²) in [6.07, 6.45) is -1.84. The predicted molar refractivity (Wildman–Crippen MR) is 171 cm³/mol. The van der Waals surface area contributed by atoms with Crippen LogP contribution in [-0.2, 0) is 29.5 Å². The lowest BCUT2D eigenvalue weighted by atomic mass is 10.1. The minimum absolute atomic E-state index is 0.101. The van der Waals surface area contributed by atoms with Crippen molar-refractivity contribution in [1.29, 1.82) is 0 Å². The van der Waals surface area contributed by atoms with Gasteiger partial charge in [0.2, 0.25) is 0 Å². The van der Waals surface area contributed by atoms with Crippen molar-refractivity contribution >= 4 is 28.2 Å². The Morgan fingerprint density at radius 3 is 2.09 bits per heavy atom. The number of carbonyl (C=O) groups excluding carboxylic acids is 1. The summed E-state index contributed by atoms with van der Waals surface area (Å²) in [5, 5.41) is -0.254. The molecule has 0 saturated carbocycles. The van der Waals surface area contributed by atoms with Gasteiger partial charge in [-0.3, -0.25) is 19.1 Å². The van der Waals surface area contributed by atoms with Gasteiger partial charge >= 0.3 is 5.69 Å². The molecule has 1 amide bonds. The smallest absolute Gasteiger partial charge is 0.330 e. The van der Waals surface area contributed by atoms with E-state index in [1.54, 1.807) is 4.90 Å². The third-order valence-electron chi connectivity index (χ3n) is 10.1. The van der Waals surface area contributed by atoms with Gasteiger partial charge < -0.3 is 23.2 Å². The lowest BCUT2D eigenvalue weighted by Gasteiger charge is -2.44. The first kappa shape index (κ1) is 32.0. The first-order valence-corrected chi connectivity index (χ1v) is 21.0. The first-order chi connectivity index (χ1) is 19.8. The molecule has 236 valence electrons. The summed E-state index contributed by atoms with van der Waals surface area (Å²) in [6, 6.07) is 9.24. The number of benzene rings is 1. The van der Waals surface area contributed by atoms with Gasteiger partial charge in [0.1, 0.15) is 24.4 Å². The van der Waals surface area contributed by atoms with Crippen LogP contribution in [0.1, 0.15) is 53.3 Å². The van der Waals surface area contributed by atoms with E-state index in [0.717, 1.165) is 17.7 Å². The number of para-hydroxylation sites is 1. The molecule has 1 aromatic heterocycles. The fraction of sp³-hybridized carbons (Fsp3) is 0.645. The average Bonchev–Trinajstić information content (AvgIpc) is 3.45. The summed E-state index contributed by atoms with van der Waals surface area (Å²) in [7, 11) is -4.84. The molecule has 0 unspecified atom stereocenters. The van der Waals surface area contributed by atoms with Crippen LogP contribution in [0.5, 0.6) is 0 Å². The maximum atomic E-state index is 13.8. The number of anilines is 1. The van der Waals surface area contributed by atoms with Gasteiger partial charge in [-0.05, 0) is 54.3 Å². The number of amides is 1. The Balaban J connectivity index is 1.53. The predicted octanol–water partition coefficient (Wildman–Crippen LogP) is 4.57. The molecule has 1 aromatic carbocycles. The number of hydrogen-bond acceptors (Lipinski definition) is 7. The Morgan fingerprint density at radius 2 is 1.49 bits per heavy atom. The first-order valence-electron chi connectivity index (χ1n) is 15.2. The molecule has 0 bridgehead atoms. The number of aromatic nitrogens is 2. The highest BCUT2D eigenvalue weighted by Crippen LogP contribution is 2.48. The maximum absolute atomic E-state index is 13.8. The monoisotopic (exact) mass is 629 g/mol. The highest BCUT2D eigenvalue weighted by Gasteiger charge is 2.63. The Morgan fingerprint density at radius 1 is 0.884 bits per heavy atom. The summed E-state index contributed by atoms with van der Waals surface area (Å²) in [5.74, 6) is -0.101. The van der Waals surface area contributed by atoms with E-state index < -0.39 is 64.6 Å². The molecule has 2 aromatic rings. The standard InChI is InChI=1S/C31H47N3O7Si2/c1-30(2,3)42(7,8)40-24-22(23-25(38-23)27(36)33-17-15-19-13-11-12-14-20(19)33)39-28(34-18-16-21(35)32-29(34)37)26(24)41-43(9,10)31(4,5)6/h11-14,16,18,22-26,28H,15,17H2,1-10H3,(H,32,35,37)/t22-,23-,24-,25+,26-,28-/m1/s1. The minimum Gasteiger partial charge on any atom is -0.408 e. The number of epoxide rings is 1. The van der Waals surface area contributed by atoms with E-state index in [1.165, 1.54) is 16.8 Å². The molecule has 1 N–H and O–H groups in total. The summed E-state index contributed by atoms with van der Waals surface area (Å²) in [6.45, 7) is 22.2. The van der Waals surface area contributed by atoms with Crippen molar-refractivity contribution in [3.05, 3.63) is 62.9 Å². The molecule has 2 fully saturated rings. The molecule has 12 heteroatoms. The normalized spacial score (nSPS) is 27.8. The van der Waals surface area contributed by atoms with E-state index in [4.69, 9.17) is 18.3 Å². The molecule has 10 nitrogen and oxygen atoms in total. The topological polar surface area (TPSA) is 115 Å². The maximum Gasteiger partial charge on any atom is 0.330 e. The van der Waals surface area contributed by atoms with E-state index in [1.807, 2.05) is 24.3 Å². The van der Waals surface area contributed by atoms with Crippen molar-refractivity contribution in [2.24, 2.45) is 0 Å². The third-order valence-corrected chi connectivity index (χ3v) is 19.0. The number of ether oxygens (including phenoxy) is 2. The van der Waals surface area contributed by atoms with Crippen LogP contribution in [0.2, 0.25) is 36.3 Å². The number of nitrogens with one attached hydrogen (secondary N) is 1. The Labute approximate surface area is 255 Å². The highest BCUT2D eigenvalue weighted by atomic mass is 28.4. The van der Waals surface area contributed by atoms with E-state index in [0.29, 0.717) is 6.54 Å². The van der Waals surface area contributed by atoms with Crippen molar-refractivity contribution in [2.45, 2.75) is 121 Å². The number of aromatic amines is 1. The number of fused-ring (bicyclic) bond motifs is 1. The average molecular weight is 630 g/mol. The van der Waals surface area contributed by atoms with Crippen LogP contribution in [0.25, 0.3) is 0 Å². The van der Waals surface area contributed by atoms with Crippen LogP contribution in [-0.4, -0.2) is 69.2 Å². The third kappa shape index (κ3) is 6.01. The number of rotatable bonds is 7. The fourth-order valence-electron chi connectivity index (χ4n) is 5.37. The summed E-state index contributed by atoms with van der Waals surface area (Å²) in [5.41, 5.74) is 0.976. The SMILES string of the molecule is CC(C)(C)[Si](C)(C)O[C@@H]1[C@@H]([C@H]2O[C@@H]2C(=O)N2CCc3ccccc32)O[C@@H](n2ccc(=O)[nH]c2=O)[C@@H]1O[Si](C)(C)C(C)(C)C. The van der Waals surface area contributed by atoms with Crippen molar-refractivity contribution in [2.75, 3.05) is 11.4 Å². The van der Waals surface area contributed by atoms with Crippen LogP contribution in [0.4, 0.5) is 5.69 Å². The summed E-state index contributed by atoms with van der Waals surface area (Å²) >= 11 is 0. The number of H-pyrrole nitrogens is 1. The van der Waals surface area contributed by atoms with Crippen LogP contribution in [0.3, 0.4) is 0 Å². The van der Waals surface area contributed by atoms with Crippen molar-refractivity contribution < 1.29 is 23.1 Å². The zero-order valence-corrected chi connectivity index (χ0v) is 29.1. The van der Waals surface area contributed by atoms with Crippen LogP contribution in [0, 0.1) is 0 Å². The second-order valence-corrected chi connectivity index (χ2v) is 24.6. The Bertz CT molecular complexity index is 1490. The second kappa shape index (κ2) is 10.9. The zero-order valence-electron chi connectivity index (χ0n) is 27.1.